The number of amides is 1. The molecule has 3 heterocycles. The number of carbonyl (C=O) groups excluding carboxylic acids is 1. The van der Waals surface area contributed by atoms with Crippen LogP contribution in [0.5, 0.6) is 0 Å². The second-order valence-corrected chi connectivity index (χ2v) is 5.05. The molecule has 0 aliphatic carbocycles. The lowest BCUT2D eigenvalue weighted by Crippen LogP contribution is -2.44. The third-order valence-electron chi connectivity index (χ3n) is 3.54. The molecule has 1 N–H and O–H groups in total. The van der Waals surface area contributed by atoms with Gasteiger partial charge in [-0.25, -0.2) is 0 Å². The minimum atomic E-state index is -0.155. The molecular formula is C16H18N4O2. The molecule has 1 aliphatic rings. The molecule has 0 radical (unpaired) electrons. The van der Waals surface area contributed by atoms with E-state index >= 15 is 0 Å². The Hall–Kier alpha value is -2.47. The largest absolute Gasteiger partial charge is 0.375 e. The number of carbonyl (C=O) groups is 1. The van der Waals surface area contributed by atoms with E-state index in [0.29, 0.717) is 19.7 Å². The minimum absolute atomic E-state index is 0.0492. The molecule has 1 atom stereocenters. The summed E-state index contributed by atoms with van der Waals surface area (Å²) in [6.45, 7) is 1.92. The van der Waals surface area contributed by atoms with Gasteiger partial charge in [-0.1, -0.05) is 6.07 Å². The van der Waals surface area contributed by atoms with E-state index in [1.54, 1.807) is 18.6 Å². The fraction of sp³-hybridized carbons (Fsp3) is 0.312. The van der Waals surface area contributed by atoms with Gasteiger partial charge in [0.25, 0.3) is 0 Å². The number of hydrogen-bond donors (Lipinski definition) is 1. The van der Waals surface area contributed by atoms with Crippen molar-refractivity contribution in [2.45, 2.75) is 6.10 Å². The Morgan fingerprint density at radius 2 is 2.27 bits per heavy atom. The van der Waals surface area contributed by atoms with E-state index < -0.39 is 0 Å². The van der Waals surface area contributed by atoms with Gasteiger partial charge in [-0.15, -0.1) is 0 Å². The first-order valence-electron chi connectivity index (χ1n) is 7.27. The van der Waals surface area contributed by atoms with Crippen molar-refractivity contribution >= 4 is 11.6 Å². The van der Waals surface area contributed by atoms with Gasteiger partial charge in [-0.05, 0) is 24.3 Å². The number of morpholine rings is 1. The maximum Gasteiger partial charge on any atom is 0.242 e. The van der Waals surface area contributed by atoms with Crippen molar-refractivity contribution in [3.8, 4) is 0 Å². The van der Waals surface area contributed by atoms with Crippen molar-refractivity contribution in [3.05, 3.63) is 54.6 Å². The minimum Gasteiger partial charge on any atom is -0.375 e. The van der Waals surface area contributed by atoms with E-state index in [4.69, 9.17) is 4.74 Å². The summed E-state index contributed by atoms with van der Waals surface area (Å²) in [6.07, 6.45) is 4.98. The van der Waals surface area contributed by atoms with Crippen LogP contribution >= 0.6 is 0 Å². The lowest BCUT2D eigenvalue weighted by molar-refractivity contribution is -0.137. The van der Waals surface area contributed by atoms with Crippen molar-refractivity contribution in [2.24, 2.45) is 0 Å². The molecule has 1 fully saturated rings. The van der Waals surface area contributed by atoms with Crippen LogP contribution in [0.4, 0.5) is 5.69 Å². The molecule has 1 aliphatic heterocycles. The average Bonchev–Trinajstić information content (AvgIpc) is 2.61. The molecule has 1 unspecified atom stereocenters. The number of pyridine rings is 2. The van der Waals surface area contributed by atoms with Gasteiger partial charge in [0, 0.05) is 25.1 Å². The second-order valence-electron chi connectivity index (χ2n) is 5.05. The summed E-state index contributed by atoms with van der Waals surface area (Å²) in [7, 11) is 0. The predicted octanol–water partition coefficient (Wildman–Crippen LogP) is 1.49. The molecular weight excluding hydrogens is 280 g/mol. The Kier molecular flexibility index (Phi) is 4.60. The summed E-state index contributed by atoms with van der Waals surface area (Å²) in [6, 6.07) is 9.44. The molecule has 0 saturated carbocycles. The summed E-state index contributed by atoms with van der Waals surface area (Å²) in [5.41, 5.74) is 1.70. The smallest absolute Gasteiger partial charge is 0.242 e. The lowest BCUT2D eigenvalue weighted by Gasteiger charge is -2.32. The van der Waals surface area contributed by atoms with Crippen LogP contribution in [0, 0.1) is 0 Å². The van der Waals surface area contributed by atoms with Crippen molar-refractivity contribution < 1.29 is 9.53 Å². The molecule has 0 aromatic carbocycles. The van der Waals surface area contributed by atoms with Gasteiger partial charge in [0.1, 0.15) is 6.10 Å². The topological polar surface area (TPSA) is 67.4 Å². The number of nitrogens with zero attached hydrogens (tertiary/aromatic N) is 3. The standard InChI is InChI=1S/C16H18N4O2/c21-16(11-19-13-4-3-6-17-10-13)20-8-9-22-15(12-20)14-5-1-2-7-18-14/h1-7,10,15,19H,8-9,11-12H2. The molecule has 0 spiro atoms. The molecule has 6 heteroatoms. The van der Waals surface area contributed by atoms with Gasteiger partial charge >= 0.3 is 0 Å². The summed E-state index contributed by atoms with van der Waals surface area (Å²) in [4.78, 5) is 22.4. The fourth-order valence-electron chi connectivity index (χ4n) is 2.38. The number of rotatable bonds is 4. The first-order chi connectivity index (χ1) is 10.8. The SMILES string of the molecule is O=C(CNc1cccnc1)N1CCOC(c2ccccn2)C1. The van der Waals surface area contributed by atoms with Gasteiger partial charge in [-0.2, -0.15) is 0 Å². The second kappa shape index (κ2) is 7.00. The first-order valence-corrected chi connectivity index (χ1v) is 7.27. The zero-order chi connectivity index (χ0) is 15.2. The third-order valence-corrected chi connectivity index (χ3v) is 3.54. The molecule has 3 rings (SSSR count). The van der Waals surface area contributed by atoms with Crippen LogP contribution in [0.15, 0.2) is 48.9 Å². The van der Waals surface area contributed by atoms with E-state index in [9.17, 15) is 4.79 Å². The monoisotopic (exact) mass is 298 g/mol. The maximum absolute atomic E-state index is 12.3. The van der Waals surface area contributed by atoms with Crippen molar-refractivity contribution in [2.75, 3.05) is 31.6 Å². The van der Waals surface area contributed by atoms with Crippen LogP contribution in [-0.4, -0.2) is 47.0 Å². The molecule has 1 saturated heterocycles. The molecule has 1 amide bonds. The van der Waals surface area contributed by atoms with E-state index in [-0.39, 0.29) is 18.6 Å². The van der Waals surface area contributed by atoms with Crippen LogP contribution in [0.25, 0.3) is 0 Å². The van der Waals surface area contributed by atoms with Gasteiger partial charge in [0.15, 0.2) is 0 Å². The Morgan fingerprint density at radius 3 is 3.05 bits per heavy atom. The molecule has 22 heavy (non-hydrogen) atoms. The third kappa shape index (κ3) is 3.59. The first kappa shape index (κ1) is 14.5. The highest BCUT2D eigenvalue weighted by Gasteiger charge is 2.25. The lowest BCUT2D eigenvalue weighted by atomic mass is 10.2. The Morgan fingerprint density at radius 1 is 1.32 bits per heavy atom. The molecule has 2 aromatic rings. The van der Waals surface area contributed by atoms with E-state index in [0.717, 1.165) is 11.4 Å². The van der Waals surface area contributed by atoms with Gasteiger partial charge in [0.05, 0.1) is 31.1 Å². The van der Waals surface area contributed by atoms with E-state index in [2.05, 4.69) is 15.3 Å². The normalized spacial score (nSPS) is 18.0. The number of nitrogens with one attached hydrogen (secondary N) is 1. The van der Waals surface area contributed by atoms with Crippen molar-refractivity contribution in [1.29, 1.82) is 0 Å². The van der Waals surface area contributed by atoms with Crippen molar-refractivity contribution in [1.82, 2.24) is 14.9 Å². The number of aromatic nitrogens is 2. The average molecular weight is 298 g/mol. The molecule has 2 aromatic heterocycles. The Bertz CT molecular complexity index is 606. The quantitative estimate of drug-likeness (QED) is 0.926. The zero-order valence-electron chi connectivity index (χ0n) is 12.2. The molecule has 114 valence electrons. The number of anilines is 1. The zero-order valence-corrected chi connectivity index (χ0v) is 12.2. The summed E-state index contributed by atoms with van der Waals surface area (Å²) >= 11 is 0. The van der Waals surface area contributed by atoms with Crippen molar-refractivity contribution in [3.63, 3.8) is 0 Å². The van der Waals surface area contributed by atoms with E-state index in [1.165, 1.54) is 0 Å². The van der Waals surface area contributed by atoms with Crippen LogP contribution in [0.3, 0.4) is 0 Å². The van der Waals surface area contributed by atoms with Crippen LogP contribution < -0.4 is 5.32 Å². The van der Waals surface area contributed by atoms with Gasteiger partial charge in [0.2, 0.25) is 5.91 Å². The fourth-order valence-corrected chi connectivity index (χ4v) is 2.38. The predicted molar refractivity (Wildman–Crippen MR) is 82.2 cm³/mol. The van der Waals surface area contributed by atoms with Gasteiger partial charge in [-0.3, -0.25) is 14.8 Å². The van der Waals surface area contributed by atoms with Crippen LogP contribution in [0.1, 0.15) is 11.8 Å². The highest BCUT2D eigenvalue weighted by Crippen LogP contribution is 2.20. The summed E-state index contributed by atoms with van der Waals surface area (Å²) in [5.74, 6) is 0.0492. The highest BCUT2D eigenvalue weighted by molar-refractivity contribution is 5.80. The highest BCUT2D eigenvalue weighted by atomic mass is 16.5. The maximum atomic E-state index is 12.3. The summed E-state index contributed by atoms with van der Waals surface area (Å²) < 4.78 is 5.72. The summed E-state index contributed by atoms with van der Waals surface area (Å²) in [5, 5.41) is 3.09. The number of ether oxygens (including phenoxy) is 1. The number of hydrogen-bond acceptors (Lipinski definition) is 5. The Labute approximate surface area is 129 Å². The van der Waals surface area contributed by atoms with E-state index in [1.807, 2.05) is 35.2 Å². The molecule has 6 nitrogen and oxygen atoms in total. The van der Waals surface area contributed by atoms with Gasteiger partial charge < -0.3 is 15.0 Å². The molecule has 0 bridgehead atoms. The van der Waals surface area contributed by atoms with Crippen LogP contribution in [0.2, 0.25) is 0 Å². The Balaban J connectivity index is 1.56. The van der Waals surface area contributed by atoms with Crippen LogP contribution in [-0.2, 0) is 9.53 Å².